The van der Waals surface area contributed by atoms with Gasteiger partial charge in [0.25, 0.3) is 21.6 Å². The second-order valence-corrected chi connectivity index (χ2v) is 8.41. The van der Waals surface area contributed by atoms with E-state index in [2.05, 4.69) is 10.0 Å². The van der Waals surface area contributed by atoms with Crippen LogP contribution in [0.15, 0.2) is 71.6 Å². The average molecular weight is 446 g/mol. The summed E-state index contributed by atoms with van der Waals surface area (Å²) in [6.45, 7) is 1.82. The number of sulfonamides is 1. The van der Waals surface area contributed by atoms with Crippen molar-refractivity contribution in [1.82, 2.24) is 0 Å². The summed E-state index contributed by atoms with van der Waals surface area (Å²) in [5, 5.41) is 13.7. The molecule has 0 fully saturated rings. The first-order valence-electron chi connectivity index (χ1n) is 8.61. The lowest BCUT2D eigenvalue weighted by atomic mass is 10.1. The van der Waals surface area contributed by atoms with Gasteiger partial charge in [0, 0.05) is 17.8 Å². The maximum Gasteiger partial charge on any atom is 0.271 e. The molecule has 154 valence electrons. The number of benzene rings is 3. The number of hydrogen-bond donors (Lipinski definition) is 2. The van der Waals surface area contributed by atoms with Crippen LogP contribution in [-0.4, -0.2) is 19.2 Å². The van der Waals surface area contributed by atoms with Crippen molar-refractivity contribution in [2.45, 2.75) is 11.8 Å². The number of halogens is 1. The molecule has 2 N–H and O–H groups in total. The normalized spacial score (nSPS) is 11.0. The van der Waals surface area contributed by atoms with Gasteiger partial charge in [0.05, 0.1) is 26.1 Å². The highest BCUT2D eigenvalue weighted by molar-refractivity contribution is 7.92. The second kappa shape index (κ2) is 8.52. The minimum Gasteiger partial charge on any atom is -0.322 e. The topological polar surface area (TPSA) is 118 Å². The largest absolute Gasteiger partial charge is 0.322 e. The molecule has 0 heterocycles. The molecule has 0 aliphatic heterocycles. The summed E-state index contributed by atoms with van der Waals surface area (Å²) >= 11 is 6.11. The van der Waals surface area contributed by atoms with Gasteiger partial charge in [-0.2, -0.15) is 0 Å². The molecule has 3 rings (SSSR count). The lowest BCUT2D eigenvalue weighted by Gasteiger charge is -2.12. The molecule has 0 aromatic heterocycles. The summed E-state index contributed by atoms with van der Waals surface area (Å²) in [5.74, 6) is -0.568. The van der Waals surface area contributed by atoms with Gasteiger partial charge in [-0.15, -0.1) is 0 Å². The number of carbonyl (C=O) groups excluding carboxylic acids is 1. The molecule has 0 aliphatic carbocycles. The highest BCUT2D eigenvalue weighted by atomic mass is 35.5. The van der Waals surface area contributed by atoms with Gasteiger partial charge in [-0.3, -0.25) is 19.6 Å². The van der Waals surface area contributed by atoms with Gasteiger partial charge in [0.15, 0.2) is 0 Å². The van der Waals surface area contributed by atoms with Crippen LogP contribution in [-0.2, 0) is 10.0 Å². The van der Waals surface area contributed by atoms with E-state index in [9.17, 15) is 23.3 Å². The molecule has 0 bridgehead atoms. The van der Waals surface area contributed by atoms with E-state index in [1.807, 2.05) is 19.1 Å². The average Bonchev–Trinajstić information content (AvgIpc) is 2.69. The number of hydrogen-bond acceptors (Lipinski definition) is 5. The third kappa shape index (κ3) is 4.76. The van der Waals surface area contributed by atoms with Crippen LogP contribution in [0.25, 0.3) is 0 Å². The Kier molecular flexibility index (Phi) is 6.04. The fourth-order valence-electron chi connectivity index (χ4n) is 2.65. The highest BCUT2D eigenvalue weighted by Crippen LogP contribution is 2.25. The van der Waals surface area contributed by atoms with Crippen molar-refractivity contribution >= 4 is 44.6 Å². The second-order valence-electron chi connectivity index (χ2n) is 6.32. The molecular weight excluding hydrogens is 430 g/mol. The number of non-ortho nitro benzene ring substituents is 1. The van der Waals surface area contributed by atoms with Gasteiger partial charge in [0.2, 0.25) is 0 Å². The van der Waals surface area contributed by atoms with Crippen molar-refractivity contribution in [2.75, 3.05) is 10.0 Å². The maximum absolute atomic E-state index is 12.7. The molecule has 0 aliphatic rings. The van der Waals surface area contributed by atoms with E-state index in [1.165, 1.54) is 30.3 Å². The molecule has 0 saturated heterocycles. The van der Waals surface area contributed by atoms with E-state index < -0.39 is 20.9 Å². The Morgan fingerprint density at radius 2 is 1.77 bits per heavy atom. The van der Waals surface area contributed by atoms with E-state index in [1.54, 1.807) is 12.1 Å². The molecule has 0 radical (unpaired) electrons. The predicted molar refractivity (Wildman–Crippen MR) is 114 cm³/mol. The molecule has 0 spiro atoms. The van der Waals surface area contributed by atoms with Crippen molar-refractivity contribution in [2.24, 2.45) is 0 Å². The molecule has 30 heavy (non-hydrogen) atoms. The van der Waals surface area contributed by atoms with Crippen LogP contribution in [0, 0.1) is 17.0 Å². The smallest absolute Gasteiger partial charge is 0.271 e. The lowest BCUT2D eigenvalue weighted by molar-refractivity contribution is -0.384. The minimum atomic E-state index is -4.12. The number of aryl methyl sites for hydroxylation is 1. The van der Waals surface area contributed by atoms with Gasteiger partial charge < -0.3 is 5.32 Å². The van der Waals surface area contributed by atoms with Crippen molar-refractivity contribution in [1.29, 1.82) is 0 Å². The van der Waals surface area contributed by atoms with Crippen LogP contribution in [0.2, 0.25) is 5.02 Å². The number of nitro benzene ring substituents is 1. The first-order valence-corrected chi connectivity index (χ1v) is 10.5. The third-order valence-electron chi connectivity index (χ3n) is 4.20. The van der Waals surface area contributed by atoms with Crippen LogP contribution in [0.5, 0.6) is 0 Å². The Labute approximate surface area is 177 Å². The van der Waals surface area contributed by atoms with E-state index in [0.29, 0.717) is 5.69 Å². The molecule has 1 amide bonds. The first kappa shape index (κ1) is 21.3. The molecule has 0 atom stereocenters. The van der Waals surface area contributed by atoms with Crippen LogP contribution in [0.1, 0.15) is 15.9 Å². The van der Waals surface area contributed by atoms with E-state index in [4.69, 9.17) is 11.6 Å². The summed E-state index contributed by atoms with van der Waals surface area (Å²) in [4.78, 5) is 22.7. The summed E-state index contributed by atoms with van der Waals surface area (Å²) in [7, 11) is -4.12. The standard InChI is InChI=1S/C20H16ClN3O5S/c1-13-5-2-3-8-19(13)22-20(25)17-12-16(9-10-18(17)21)30(28,29)23-14-6-4-7-15(11-14)24(26)27/h2-12,23H,1H3,(H,22,25). The summed E-state index contributed by atoms with van der Waals surface area (Å²) in [6, 6.07) is 15.9. The lowest BCUT2D eigenvalue weighted by Crippen LogP contribution is -2.17. The maximum atomic E-state index is 12.7. The number of nitrogens with one attached hydrogen (secondary N) is 2. The van der Waals surface area contributed by atoms with Gasteiger partial charge in [-0.25, -0.2) is 8.42 Å². The number of rotatable bonds is 6. The molecule has 10 heteroatoms. The van der Waals surface area contributed by atoms with E-state index in [-0.39, 0.29) is 26.9 Å². The predicted octanol–water partition coefficient (Wildman–Crippen LogP) is 4.61. The quantitative estimate of drug-likeness (QED) is 0.424. The van der Waals surface area contributed by atoms with Crippen LogP contribution in [0.3, 0.4) is 0 Å². The highest BCUT2D eigenvalue weighted by Gasteiger charge is 2.20. The van der Waals surface area contributed by atoms with Crippen molar-refractivity contribution in [3.8, 4) is 0 Å². The fourth-order valence-corrected chi connectivity index (χ4v) is 3.92. The summed E-state index contributed by atoms with van der Waals surface area (Å²) < 4.78 is 27.7. The number of nitrogens with zero attached hydrogens (tertiary/aromatic N) is 1. The zero-order valence-corrected chi connectivity index (χ0v) is 17.2. The zero-order valence-electron chi connectivity index (χ0n) is 15.6. The summed E-state index contributed by atoms with van der Waals surface area (Å²) in [6.07, 6.45) is 0. The number of anilines is 2. The van der Waals surface area contributed by atoms with Crippen LogP contribution >= 0.6 is 11.6 Å². The van der Waals surface area contributed by atoms with Gasteiger partial charge in [-0.05, 0) is 42.8 Å². The van der Waals surface area contributed by atoms with Gasteiger partial charge in [-0.1, -0.05) is 35.9 Å². The SMILES string of the molecule is Cc1ccccc1NC(=O)c1cc(S(=O)(=O)Nc2cccc([N+](=O)[O-])c2)ccc1Cl. The van der Waals surface area contributed by atoms with Crippen LogP contribution < -0.4 is 10.0 Å². The molecule has 3 aromatic rings. The Morgan fingerprint density at radius 1 is 1.03 bits per heavy atom. The molecule has 3 aromatic carbocycles. The first-order chi connectivity index (χ1) is 14.2. The zero-order chi connectivity index (χ0) is 21.9. The van der Waals surface area contributed by atoms with Gasteiger partial charge >= 0.3 is 0 Å². The van der Waals surface area contributed by atoms with Crippen molar-refractivity contribution in [3.63, 3.8) is 0 Å². The monoisotopic (exact) mass is 445 g/mol. The van der Waals surface area contributed by atoms with E-state index >= 15 is 0 Å². The number of carbonyl (C=O) groups is 1. The van der Waals surface area contributed by atoms with E-state index in [0.717, 1.165) is 17.7 Å². The molecule has 0 saturated carbocycles. The third-order valence-corrected chi connectivity index (χ3v) is 5.90. The van der Waals surface area contributed by atoms with Crippen molar-refractivity contribution < 1.29 is 18.1 Å². The molecular formula is C20H16ClN3O5S. The Bertz CT molecular complexity index is 1240. The molecule has 8 nitrogen and oxygen atoms in total. The minimum absolute atomic E-state index is 0.0186. The Hall–Kier alpha value is -3.43. The summed E-state index contributed by atoms with van der Waals surface area (Å²) in [5.41, 5.74) is 1.14. The number of nitro groups is 1. The Balaban J connectivity index is 1.90. The van der Waals surface area contributed by atoms with Gasteiger partial charge in [0.1, 0.15) is 0 Å². The van der Waals surface area contributed by atoms with Crippen LogP contribution in [0.4, 0.5) is 17.1 Å². The number of para-hydroxylation sites is 1. The molecule has 0 unspecified atom stereocenters. The number of amides is 1. The Morgan fingerprint density at radius 3 is 2.47 bits per heavy atom. The fraction of sp³-hybridized carbons (Fsp3) is 0.0500. The van der Waals surface area contributed by atoms with Crippen molar-refractivity contribution in [3.05, 3.63) is 93.0 Å².